The molecule has 1 aliphatic carbocycles. The van der Waals surface area contributed by atoms with Gasteiger partial charge in [-0.2, -0.15) is 8.78 Å². The molecule has 6 heteroatoms. The van der Waals surface area contributed by atoms with Gasteiger partial charge in [-0.1, -0.05) is 6.07 Å². The Kier molecular flexibility index (Phi) is 4.32. The van der Waals surface area contributed by atoms with Gasteiger partial charge in [0, 0.05) is 12.8 Å². The van der Waals surface area contributed by atoms with E-state index in [2.05, 4.69) is 4.74 Å². The summed E-state index contributed by atoms with van der Waals surface area (Å²) < 4.78 is 34.0. The summed E-state index contributed by atoms with van der Waals surface area (Å²) in [6.07, 6.45) is 0.450. The van der Waals surface area contributed by atoms with Crippen LogP contribution < -0.4 is 9.47 Å². The van der Waals surface area contributed by atoms with E-state index < -0.39 is 6.61 Å². The van der Waals surface area contributed by atoms with Crippen molar-refractivity contribution < 1.29 is 27.8 Å². The maximum atomic E-state index is 12.3. The molecule has 0 saturated heterocycles. The highest BCUT2D eigenvalue weighted by Gasteiger charge is 2.27. The third-order valence-electron chi connectivity index (χ3n) is 3.22. The zero-order valence-electron chi connectivity index (χ0n) is 10.9. The average molecular weight is 284 g/mol. The van der Waals surface area contributed by atoms with Gasteiger partial charge in [0.2, 0.25) is 0 Å². The highest BCUT2D eigenvalue weighted by Crippen LogP contribution is 2.36. The molecule has 0 aromatic heterocycles. The second kappa shape index (κ2) is 5.98. The van der Waals surface area contributed by atoms with E-state index >= 15 is 0 Å². The summed E-state index contributed by atoms with van der Waals surface area (Å²) in [7, 11) is 1.35. The van der Waals surface area contributed by atoms with Gasteiger partial charge in [-0.05, 0) is 23.6 Å². The second-order valence-corrected chi connectivity index (χ2v) is 4.65. The summed E-state index contributed by atoms with van der Waals surface area (Å²) in [5.41, 5.74) is 0.628. The number of alkyl halides is 2. The van der Waals surface area contributed by atoms with E-state index in [1.165, 1.54) is 19.2 Å². The van der Waals surface area contributed by atoms with E-state index in [0.29, 0.717) is 5.56 Å². The number of rotatable bonds is 4. The molecule has 1 fully saturated rings. The van der Waals surface area contributed by atoms with Gasteiger partial charge in [-0.15, -0.1) is 0 Å². The van der Waals surface area contributed by atoms with Crippen LogP contribution in [0.15, 0.2) is 18.2 Å². The molecule has 0 spiro atoms. The van der Waals surface area contributed by atoms with Crippen LogP contribution in [0, 0.1) is 0 Å². The van der Waals surface area contributed by atoms with Crippen molar-refractivity contribution in [1.82, 2.24) is 0 Å². The molecule has 1 aromatic rings. The molecule has 0 aliphatic heterocycles. The normalized spacial score (nSPS) is 16.6. The van der Waals surface area contributed by atoms with Crippen LogP contribution in [0.2, 0.25) is 0 Å². The molecule has 0 unspecified atom stereocenters. The number of carbonyl (C=O) groups excluding carboxylic acids is 2. The number of carbonyl (C=O) groups is 2. The maximum absolute atomic E-state index is 12.3. The largest absolute Gasteiger partial charge is 0.493 e. The van der Waals surface area contributed by atoms with Gasteiger partial charge >= 0.3 is 6.61 Å². The lowest BCUT2D eigenvalue weighted by Gasteiger charge is -2.21. The van der Waals surface area contributed by atoms with Gasteiger partial charge < -0.3 is 9.47 Å². The molecular formula is C14H14F2O4. The predicted octanol–water partition coefficient (Wildman–Crippen LogP) is 2.70. The predicted molar refractivity (Wildman–Crippen MR) is 66.2 cm³/mol. The van der Waals surface area contributed by atoms with Gasteiger partial charge in [-0.25, -0.2) is 0 Å². The van der Waals surface area contributed by atoms with Crippen LogP contribution in [0.1, 0.15) is 30.7 Å². The molecule has 0 heterocycles. The molecule has 0 bridgehead atoms. The van der Waals surface area contributed by atoms with E-state index in [1.54, 1.807) is 6.07 Å². The topological polar surface area (TPSA) is 52.6 Å². The number of halogens is 2. The Balaban J connectivity index is 2.27. The first-order chi connectivity index (χ1) is 9.49. The van der Waals surface area contributed by atoms with Gasteiger partial charge in [0.1, 0.15) is 11.6 Å². The quantitative estimate of drug-likeness (QED) is 0.798. The Bertz CT molecular complexity index is 512. The first kappa shape index (κ1) is 14.4. The fourth-order valence-corrected chi connectivity index (χ4v) is 2.36. The van der Waals surface area contributed by atoms with Crippen LogP contribution in [-0.2, 0) is 9.59 Å². The third-order valence-corrected chi connectivity index (χ3v) is 3.22. The third kappa shape index (κ3) is 3.31. The minimum atomic E-state index is -2.96. The number of benzene rings is 1. The Hall–Kier alpha value is -1.98. The zero-order valence-corrected chi connectivity index (χ0v) is 10.9. The molecule has 1 aromatic carbocycles. The number of Topliss-reactive ketones (excluding diaryl/α,β-unsaturated/α-hetero) is 2. The molecular weight excluding hydrogens is 270 g/mol. The number of ether oxygens (including phenoxy) is 2. The molecule has 4 nitrogen and oxygen atoms in total. The summed E-state index contributed by atoms with van der Waals surface area (Å²) in [6, 6.07) is 4.56. The van der Waals surface area contributed by atoms with Crippen LogP contribution in [0.25, 0.3) is 0 Å². The van der Waals surface area contributed by atoms with Gasteiger partial charge in [0.25, 0.3) is 0 Å². The van der Waals surface area contributed by atoms with Gasteiger partial charge in [-0.3, -0.25) is 9.59 Å². The lowest BCUT2D eigenvalue weighted by molar-refractivity contribution is -0.130. The highest BCUT2D eigenvalue weighted by molar-refractivity contribution is 6.02. The van der Waals surface area contributed by atoms with Crippen molar-refractivity contribution >= 4 is 11.6 Å². The Labute approximate surface area is 114 Å². The summed E-state index contributed by atoms with van der Waals surface area (Å²) in [5.74, 6) is -0.445. The summed E-state index contributed by atoms with van der Waals surface area (Å²) in [4.78, 5) is 22.9. The van der Waals surface area contributed by atoms with Crippen molar-refractivity contribution in [2.75, 3.05) is 7.11 Å². The fraction of sp³-hybridized carbons (Fsp3) is 0.429. The van der Waals surface area contributed by atoms with Gasteiger partial charge in [0.15, 0.2) is 11.5 Å². The van der Waals surface area contributed by atoms with Crippen LogP contribution in [0.3, 0.4) is 0 Å². The number of ketones is 2. The standard InChI is InChI=1S/C14H14F2O4/c1-19-12-3-2-8(6-13(12)20-14(15)16)9-4-10(17)7-11(18)5-9/h2-3,6,9,14H,4-5,7H2,1H3. The number of methoxy groups -OCH3 is 1. The smallest absolute Gasteiger partial charge is 0.387 e. The number of hydrogen-bond donors (Lipinski definition) is 0. The molecule has 108 valence electrons. The Morgan fingerprint density at radius 1 is 1.15 bits per heavy atom. The van der Waals surface area contributed by atoms with E-state index in [1.807, 2.05) is 0 Å². The monoisotopic (exact) mass is 284 g/mol. The molecule has 0 amide bonds. The van der Waals surface area contributed by atoms with Crippen molar-refractivity contribution in [3.05, 3.63) is 23.8 Å². The van der Waals surface area contributed by atoms with Crippen LogP contribution in [0.4, 0.5) is 8.78 Å². The van der Waals surface area contributed by atoms with Crippen LogP contribution in [-0.4, -0.2) is 25.3 Å². The molecule has 20 heavy (non-hydrogen) atoms. The molecule has 1 aliphatic rings. The highest BCUT2D eigenvalue weighted by atomic mass is 19.3. The lowest BCUT2D eigenvalue weighted by atomic mass is 9.82. The first-order valence-electron chi connectivity index (χ1n) is 6.15. The Morgan fingerprint density at radius 2 is 1.80 bits per heavy atom. The SMILES string of the molecule is COc1ccc(C2CC(=O)CC(=O)C2)cc1OC(F)F. The molecule has 0 radical (unpaired) electrons. The molecule has 0 atom stereocenters. The van der Waals surface area contributed by atoms with E-state index in [-0.39, 0.29) is 48.2 Å². The maximum Gasteiger partial charge on any atom is 0.387 e. The molecule has 2 rings (SSSR count). The minimum Gasteiger partial charge on any atom is -0.493 e. The van der Waals surface area contributed by atoms with Gasteiger partial charge in [0.05, 0.1) is 13.5 Å². The first-order valence-corrected chi connectivity index (χ1v) is 6.15. The van der Waals surface area contributed by atoms with Crippen molar-refractivity contribution in [3.63, 3.8) is 0 Å². The average Bonchev–Trinajstić information content (AvgIpc) is 2.36. The molecule has 1 saturated carbocycles. The van der Waals surface area contributed by atoms with E-state index in [9.17, 15) is 18.4 Å². The van der Waals surface area contributed by atoms with E-state index in [0.717, 1.165) is 0 Å². The van der Waals surface area contributed by atoms with Crippen molar-refractivity contribution in [3.8, 4) is 11.5 Å². The second-order valence-electron chi connectivity index (χ2n) is 4.65. The van der Waals surface area contributed by atoms with Crippen molar-refractivity contribution in [2.24, 2.45) is 0 Å². The lowest BCUT2D eigenvalue weighted by Crippen LogP contribution is -2.21. The zero-order chi connectivity index (χ0) is 14.7. The minimum absolute atomic E-state index is 0.0347. The van der Waals surface area contributed by atoms with Crippen LogP contribution >= 0.6 is 0 Å². The Morgan fingerprint density at radius 3 is 2.35 bits per heavy atom. The van der Waals surface area contributed by atoms with Crippen LogP contribution in [0.5, 0.6) is 11.5 Å². The van der Waals surface area contributed by atoms with Crippen molar-refractivity contribution in [2.45, 2.75) is 31.8 Å². The summed E-state index contributed by atoms with van der Waals surface area (Å²) in [5, 5.41) is 0. The fourth-order valence-electron chi connectivity index (χ4n) is 2.36. The van der Waals surface area contributed by atoms with Crippen molar-refractivity contribution in [1.29, 1.82) is 0 Å². The van der Waals surface area contributed by atoms with E-state index in [4.69, 9.17) is 4.74 Å². The molecule has 0 N–H and O–H groups in total. The summed E-state index contributed by atoms with van der Waals surface area (Å²) in [6.45, 7) is -2.96. The summed E-state index contributed by atoms with van der Waals surface area (Å²) >= 11 is 0. The number of hydrogen-bond acceptors (Lipinski definition) is 4.